The van der Waals surface area contributed by atoms with E-state index >= 15 is 0 Å². The van der Waals surface area contributed by atoms with Crippen LogP contribution in [0.25, 0.3) is 11.1 Å². The van der Waals surface area contributed by atoms with E-state index in [-0.39, 0.29) is 11.3 Å². The summed E-state index contributed by atoms with van der Waals surface area (Å²) in [5, 5.41) is 0. The fourth-order valence-electron chi connectivity index (χ4n) is 4.74. The zero-order valence-corrected chi connectivity index (χ0v) is 19.0. The van der Waals surface area contributed by atoms with Gasteiger partial charge in [0, 0.05) is 5.56 Å². The van der Waals surface area contributed by atoms with Gasteiger partial charge in [-0.05, 0) is 67.7 Å². The molecule has 1 aliphatic carbocycles. The van der Waals surface area contributed by atoms with E-state index < -0.39 is 11.6 Å². The molecule has 0 bridgehead atoms. The second kappa shape index (κ2) is 12.0. The molecule has 0 heterocycles. The Bertz CT molecular complexity index is 833. The van der Waals surface area contributed by atoms with Crippen molar-refractivity contribution in [1.29, 1.82) is 0 Å². The molecule has 31 heavy (non-hydrogen) atoms. The molecule has 0 radical (unpaired) electrons. The first-order valence-electron chi connectivity index (χ1n) is 12.0. The minimum absolute atomic E-state index is 0.0990. The van der Waals surface area contributed by atoms with Crippen molar-refractivity contribution in [3.8, 4) is 16.9 Å². The third-order valence-corrected chi connectivity index (χ3v) is 6.63. The van der Waals surface area contributed by atoms with Gasteiger partial charge in [-0.25, -0.2) is 4.39 Å². The lowest BCUT2D eigenvalue weighted by Crippen LogP contribution is -2.13. The summed E-state index contributed by atoms with van der Waals surface area (Å²) in [7, 11) is 0. The van der Waals surface area contributed by atoms with Crippen molar-refractivity contribution in [3.05, 3.63) is 65.9 Å². The van der Waals surface area contributed by atoms with Gasteiger partial charge in [-0.2, -0.15) is 4.39 Å². The minimum atomic E-state index is -0.951. The summed E-state index contributed by atoms with van der Waals surface area (Å²) in [5.41, 5.74) is 2.28. The molecule has 3 heteroatoms. The van der Waals surface area contributed by atoms with E-state index in [0.717, 1.165) is 5.92 Å². The molecule has 2 aromatic carbocycles. The number of hydrogen-bond donors (Lipinski definition) is 0. The van der Waals surface area contributed by atoms with Crippen LogP contribution in [0.4, 0.5) is 8.78 Å². The summed E-state index contributed by atoms with van der Waals surface area (Å²) in [6.07, 6.45) is 16.3. The van der Waals surface area contributed by atoms with Crippen molar-refractivity contribution in [2.45, 2.75) is 84.0 Å². The van der Waals surface area contributed by atoms with Crippen LogP contribution in [0.15, 0.2) is 48.7 Å². The first-order valence-corrected chi connectivity index (χ1v) is 12.0. The second-order valence-corrected chi connectivity index (χ2v) is 8.87. The van der Waals surface area contributed by atoms with Gasteiger partial charge in [0.05, 0.1) is 6.26 Å². The molecule has 0 amide bonds. The molecule has 0 N–H and O–H groups in total. The quantitative estimate of drug-likeness (QED) is 0.272. The van der Waals surface area contributed by atoms with Gasteiger partial charge >= 0.3 is 0 Å². The molecule has 0 spiro atoms. The van der Waals surface area contributed by atoms with Gasteiger partial charge in [0.25, 0.3) is 0 Å². The number of unbranched alkanes of at least 4 members (excludes halogenated alkanes) is 4. The van der Waals surface area contributed by atoms with Gasteiger partial charge in [-0.3, -0.25) is 0 Å². The molecular formula is C28H36F2O. The monoisotopic (exact) mass is 426 g/mol. The van der Waals surface area contributed by atoms with Crippen LogP contribution in [-0.4, -0.2) is 0 Å². The molecule has 0 aromatic heterocycles. The smallest absolute Gasteiger partial charge is 0.201 e. The molecule has 0 aliphatic heterocycles. The van der Waals surface area contributed by atoms with Gasteiger partial charge < -0.3 is 4.74 Å². The van der Waals surface area contributed by atoms with Crippen LogP contribution in [0.1, 0.15) is 89.5 Å². The fourth-order valence-corrected chi connectivity index (χ4v) is 4.74. The number of benzene rings is 2. The van der Waals surface area contributed by atoms with Crippen molar-refractivity contribution in [3.63, 3.8) is 0 Å². The zero-order chi connectivity index (χ0) is 22.1. The summed E-state index contributed by atoms with van der Waals surface area (Å²) in [5.74, 6) is -0.443. The fraction of sp³-hybridized carbons (Fsp3) is 0.500. The maximum absolute atomic E-state index is 14.6. The Labute approximate surface area is 186 Å². The molecule has 1 saturated carbocycles. The largest absolute Gasteiger partial charge is 0.462 e. The van der Waals surface area contributed by atoms with Crippen molar-refractivity contribution in [2.75, 3.05) is 0 Å². The molecule has 0 saturated heterocycles. The van der Waals surface area contributed by atoms with Crippen LogP contribution < -0.4 is 4.74 Å². The van der Waals surface area contributed by atoms with E-state index in [2.05, 4.69) is 19.1 Å². The van der Waals surface area contributed by atoms with E-state index in [9.17, 15) is 8.78 Å². The second-order valence-electron chi connectivity index (χ2n) is 8.87. The highest BCUT2D eigenvalue weighted by Crippen LogP contribution is 2.38. The number of halogens is 2. The maximum atomic E-state index is 14.6. The predicted molar refractivity (Wildman–Crippen MR) is 125 cm³/mol. The Morgan fingerprint density at radius 1 is 0.871 bits per heavy atom. The predicted octanol–water partition coefficient (Wildman–Crippen LogP) is 9.18. The number of ether oxygens (including phenoxy) is 1. The summed E-state index contributed by atoms with van der Waals surface area (Å²) in [6.45, 7) is 4.02. The van der Waals surface area contributed by atoms with E-state index in [1.807, 2.05) is 12.1 Å². The van der Waals surface area contributed by atoms with E-state index in [1.54, 1.807) is 19.1 Å². The van der Waals surface area contributed by atoms with Crippen LogP contribution in [0.2, 0.25) is 0 Å². The SMILES string of the molecule is C/C=C\Oc1ccc(-c2ccc(C3CCC(CCCCCCC)CC3)cc2)c(F)c1F. The normalized spacial score (nSPS) is 19.1. The Hall–Kier alpha value is -2.16. The van der Waals surface area contributed by atoms with Crippen LogP contribution in [0.5, 0.6) is 5.75 Å². The molecule has 2 aromatic rings. The lowest BCUT2D eigenvalue weighted by Gasteiger charge is -2.29. The van der Waals surface area contributed by atoms with Gasteiger partial charge in [0.2, 0.25) is 5.82 Å². The molecule has 1 aliphatic rings. The molecule has 0 unspecified atom stereocenters. The summed E-state index contributed by atoms with van der Waals surface area (Å²) >= 11 is 0. The highest BCUT2D eigenvalue weighted by molar-refractivity contribution is 5.65. The highest BCUT2D eigenvalue weighted by Gasteiger charge is 2.22. The molecule has 0 atom stereocenters. The maximum Gasteiger partial charge on any atom is 0.201 e. The lowest BCUT2D eigenvalue weighted by molar-refractivity contribution is 0.302. The van der Waals surface area contributed by atoms with Crippen molar-refractivity contribution in [2.24, 2.45) is 5.92 Å². The van der Waals surface area contributed by atoms with Crippen LogP contribution in [-0.2, 0) is 0 Å². The molecule has 1 nitrogen and oxygen atoms in total. The minimum Gasteiger partial charge on any atom is -0.462 e. The van der Waals surface area contributed by atoms with E-state index in [0.29, 0.717) is 11.5 Å². The number of allylic oxidation sites excluding steroid dienone is 1. The van der Waals surface area contributed by atoms with Gasteiger partial charge in [0.1, 0.15) is 0 Å². The molecular weight excluding hydrogens is 390 g/mol. The van der Waals surface area contributed by atoms with Crippen LogP contribution >= 0.6 is 0 Å². The third kappa shape index (κ3) is 6.41. The average molecular weight is 427 g/mol. The van der Waals surface area contributed by atoms with Crippen molar-refractivity contribution < 1.29 is 13.5 Å². The summed E-state index contributed by atoms with van der Waals surface area (Å²) in [6, 6.07) is 11.1. The summed E-state index contributed by atoms with van der Waals surface area (Å²) in [4.78, 5) is 0. The number of hydrogen-bond acceptors (Lipinski definition) is 1. The van der Waals surface area contributed by atoms with Gasteiger partial charge in [0.15, 0.2) is 11.6 Å². The molecule has 168 valence electrons. The van der Waals surface area contributed by atoms with Crippen molar-refractivity contribution >= 4 is 0 Å². The zero-order valence-electron chi connectivity index (χ0n) is 19.0. The molecule has 3 rings (SSSR count). The molecule has 1 fully saturated rings. The number of rotatable bonds is 10. The topological polar surface area (TPSA) is 9.23 Å². The lowest BCUT2D eigenvalue weighted by atomic mass is 9.77. The highest BCUT2D eigenvalue weighted by atomic mass is 19.2. The Balaban J connectivity index is 1.56. The average Bonchev–Trinajstić information content (AvgIpc) is 2.80. The van der Waals surface area contributed by atoms with E-state index in [1.165, 1.54) is 82.1 Å². The van der Waals surface area contributed by atoms with Crippen LogP contribution in [0.3, 0.4) is 0 Å². The Morgan fingerprint density at radius 2 is 1.58 bits per heavy atom. The standard InChI is InChI=1S/C28H36F2O/c1-3-5-6-7-8-9-21-10-12-22(13-11-21)23-14-16-24(17-15-23)25-18-19-26(31-20-4-2)28(30)27(25)29/h4,14-22H,3,5-13H2,1-2H3/b20-4-. The first-order chi connectivity index (χ1) is 15.1. The summed E-state index contributed by atoms with van der Waals surface area (Å²) < 4.78 is 34.0. The van der Waals surface area contributed by atoms with E-state index in [4.69, 9.17) is 4.74 Å². The van der Waals surface area contributed by atoms with Gasteiger partial charge in [-0.15, -0.1) is 0 Å². The Morgan fingerprint density at radius 3 is 2.26 bits per heavy atom. The third-order valence-electron chi connectivity index (χ3n) is 6.63. The Kier molecular flexibility index (Phi) is 9.12. The van der Waals surface area contributed by atoms with Crippen molar-refractivity contribution in [1.82, 2.24) is 0 Å². The first kappa shape index (κ1) is 23.5. The van der Waals surface area contributed by atoms with Gasteiger partial charge in [-0.1, -0.05) is 75.8 Å². The van der Waals surface area contributed by atoms with Crippen LogP contribution in [0, 0.1) is 17.6 Å².